The third-order valence-electron chi connectivity index (χ3n) is 7.57. The molecule has 3 nitrogen and oxygen atoms in total. The van der Waals surface area contributed by atoms with Gasteiger partial charge in [-0.15, -0.1) is 0 Å². The summed E-state index contributed by atoms with van der Waals surface area (Å²) >= 11 is 0. The molecule has 5 rings (SSSR count). The molecule has 1 aliphatic carbocycles. The Morgan fingerprint density at radius 2 is 1.55 bits per heavy atom. The predicted molar refractivity (Wildman–Crippen MR) is 133 cm³/mol. The Kier molecular flexibility index (Phi) is 6.15. The lowest BCUT2D eigenvalue weighted by atomic mass is 9.98. The second-order valence-corrected chi connectivity index (χ2v) is 9.93. The lowest BCUT2D eigenvalue weighted by molar-refractivity contribution is 0.154. The van der Waals surface area contributed by atoms with Gasteiger partial charge in [-0.2, -0.15) is 0 Å². The zero-order valence-electron chi connectivity index (χ0n) is 19.2. The van der Waals surface area contributed by atoms with Crippen molar-refractivity contribution in [3.8, 4) is 0 Å². The van der Waals surface area contributed by atoms with Crippen molar-refractivity contribution in [1.82, 2.24) is 10.2 Å². The van der Waals surface area contributed by atoms with E-state index in [4.69, 9.17) is 0 Å². The van der Waals surface area contributed by atoms with E-state index < -0.39 is 0 Å². The van der Waals surface area contributed by atoms with Crippen LogP contribution in [0.1, 0.15) is 56.2 Å². The number of nitrogens with zero attached hydrogens (tertiary/aromatic N) is 2. The average Bonchev–Trinajstić information content (AvgIpc) is 3.25. The second kappa shape index (κ2) is 9.18. The van der Waals surface area contributed by atoms with Gasteiger partial charge in [-0.05, 0) is 93.4 Å². The highest BCUT2D eigenvalue weighted by molar-refractivity contribution is 5.89. The molecular formula is C28H37N3. The third kappa shape index (κ3) is 4.73. The minimum atomic E-state index is 0.682. The molecule has 0 saturated carbocycles. The number of allylic oxidation sites excluding steroid dienone is 1. The Balaban J connectivity index is 1.15. The summed E-state index contributed by atoms with van der Waals surface area (Å²) in [5.41, 5.74) is 7.05. The van der Waals surface area contributed by atoms with Crippen LogP contribution in [-0.2, 0) is 6.42 Å². The molecular weight excluding hydrogens is 378 g/mol. The topological polar surface area (TPSA) is 18.5 Å². The molecule has 1 N–H and O–H groups in total. The van der Waals surface area contributed by atoms with Crippen molar-refractivity contribution in [3.05, 3.63) is 65.2 Å². The van der Waals surface area contributed by atoms with Crippen LogP contribution in [-0.4, -0.2) is 49.2 Å². The molecule has 0 amide bonds. The van der Waals surface area contributed by atoms with Crippen molar-refractivity contribution in [2.75, 3.05) is 31.1 Å². The average molecular weight is 416 g/mol. The van der Waals surface area contributed by atoms with Gasteiger partial charge in [0.05, 0.1) is 0 Å². The Morgan fingerprint density at radius 3 is 2.26 bits per heavy atom. The fourth-order valence-corrected chi connectivity index (χ4v) is 5.59. The van der Waals surface area contributed by atoms with Gasteiger partial charge in [-0.1, -0.05) is 42.5 Å². The van der Waals surface area contributed by atoms with E-state index in [1.165, 1.54) is 66.7 Å². The molecule has 2 aromatic rings. The first-order valence-corrected chi connectivity index (χ1v) is 12.3. The van der Waals surface area contributed by atoms with E-state index in [9.17, 15) is 0 Å². The molecule has 0 bridgehead atoms. The zero-order valence-corrected chi connectivity index (χ0v) is 19.2. The summed E-state index contributed by atoms with van der Waals surface area (Å²) < 4.78 is 0. The maximum atomic E-state index is 3.99. The number of hydrogen-bond donors (Lipinski definition) is 1. The molecule has 0 spiro atoms. The number of benzene rings is 2. The van der Waals surface area contributed by atoms with Crippen LogP contribution in [0.2, 0.25) is 0 Å². The molecule has 0 atom stereocenters. The fourth-order valence-electron chi connectivity index (χ4n) is 5.59. The van der Waals surface area contributed by atoms with Crippen LogP contribution in [0.4, 0.5) is 5.69 Å². The highest BCUT2D eigenvalue weighted by Gasteiger charge is 2.25. The Labute approximate surface area is 188 Å². The van der Waals surface area contributed by atoms with Gasteiger partial charge in [0.1, 0.15) is 0 Å². The molecule has 0 aromatic heterocycles. The number of piperidine rings is 2. The van der Waals surface area contributed by atoms with E-state index in [1.807, 2.05) is 0 Å². The van der Waals surface area contributed by atoms with Crippen molar-refractivity contribution >= 4 is 17.3 Å². The van der Waals surface area contributed by atoms with Crippen molar-refractivity contribution in [3.63, 3.8) is 0 Å². The molecule has 2 aromatic carbocycles. The van der Waals surface area contributed by atoms with Gasteiger partial charge in [0.2, 0.25) is 0 Å². The van der Waals surface area contributed by atoms with Crippen LogP contribution < -0.4 is 10.2 Å². The molecule has 3 aliphatic rings. The summed E-state index contributed by atoms with van der Waals surface area (Å²) in [6.07, 6.45) is 8.54. The summed E-state index contributed by atoms with van der Waals surface area (Å²) in [6.45, 7) is 9.46. The second-order valence-electron chi connectivity index (χ2n) is 9.93. The van der Waals surface area contributed by atoms with Gasteiger partial charge in [-0.25, -0.2) is 0 Å². The summed E-state index contributed by atoms with van der Waals surface area (Å²) in [7, 11) is 0. The summed E-state index contributed by atoms with van der Waals surface area (Å²) in [4.78, 5) is 5.21. The van der Waals surface area contributed by atoms with Gasteiger partial charge in [0.25, 0.3) is 0 Å². The highest BCUT2D eigenvalue weighted by atomic mass is 15.2. The van der Waals surface area contributed by atoms with Gasteiger partial charge in [-0.3, -0.25) is 0 Å². The smallest absolute Gasteiger partial charge is 0.0372 e. The molecule has 164 valence electrons. The highest BCUT2D eigenvalue weighted by Crippen LogP contribution is 2.33. The molecule has 0 unspecified atom stereocenters. The van der Waals surface area contributed by atoms with Gasteiger partial charge in [0.15, 0.2) is 0 Å². The van der Waals surface area contributed by atoms with Crippen LogP contribution in [0.25, 0.3) is 11.6 Å². The van der Waals surface area contributed by atoms with Crippen LogP contribution >= 0.6 is 0 Å². The maximum absolute atomic E-state index is 3.99. The first-order chi connectivity index (χ1) is 15.2. The van der Waals surface area contributed by atoms with Gasteiger partial charge >= 0.3 is 0 Å². The molecule has 31 heavy (non-hydrogen) atoms. The number of fused-ring (bicyclic) bond motifs is 1. The first kappa shape index (κ1) is 20.8. The molecule has 2 aliphatic heterocycles. The van der Waals surface area contributed by atoms with Crippen LogP contribution in [0.5, 0.6) is 0 Å². The monoisotopic (exact) mass is 415 g/mol. The van der Waals surface area contributed by atoms with E-state index in [1.54, 1.807) is 0 Å². The van der Waals surface area contributed by atoms with Crippen LogP contribution in [0, 0.1) is 0 Å². The zero-order chi connectivity index (χ0) is 21.2. The van der Waals surface area contributed by atoms with Crippen molar-refractivity contribution in [2.24, 2.45) is 0 Å². The van der Waals surface area contributed by atoms with Crippen molar-refractivity contribution in [2.45, 2.75) is 64.1 Å². The lowest BCUT2D eigenvalue weighted by Gasteiger charge is -2.39. The standard InChI is InChI=1S/C28H37N3/c1-21(2)30-14-10-26(11-15-30)29-27-12-16-31(17-13-27)28-9-5-8-24(20-28)25-18-22-6-3-4-7-23(22)19-25/h3-9,18,20-21,26-27,29H,10-17,19H2,1-2H3. The maximum Gasteiger partial charge on any atom is 0.0372 e. The van der Waals surface area contributed by atoms with E-state index in [0.29, 0.717) is 18.1 Å². The quantitative estimate of drug-likeness (QED) is 0.723. The normalized spacial score (nSPS) is 20.9. The van der Waals surface area contributed by atoms with Crippen molar-refractivity contribution < 1.29 is 0 Å². The Hall–Kier alpha value is -2.10. The number of rotatable bonds is 5. The number of hydrogen-bond acceptors (Lipinski definition) is 3. The van der Waals surface area contributed by atoms with Crippen LogP contribution in [0.15, 0.2) is 48.5 Å². The number of nitrogens with one attached hydrogen (secondary N) is 1. The molecule has 3 heteroatoms. The first-order valence-electron chi connectivity index (χ1n) is 12.3. The Bertz CT molecular complexity index is 915. The minimum Gasteiger partial charge on any atom is -0.371 e. The van der Waals surface area contributed by atoms with E-state index in [-0.39, 0.29) is 0 Å². The fraction of sp³-hybridized carbons (Fsp3) is 0.500. The molecule has 2 fully saturated rings. The van der Waals surface area contributed by atoms with Crippen LogP contribution in [0.3, 0.4) is 0 Å². The summed E-state index contributed by atoms with van der Waals surface area (Å²) in [5.74, 6) is 0. The van der Waals surface area contributed by atoms with Crippen molar-refractivity contribution in [1.29, 1.82) is 0 Å². The predicted octanol–water partition coefficient (Wildman–Crippen LogP) is 5.21. The number of anilines is 1. The van der Waals surface area contributed by atoms with E-state index in [0.717, 1.165) is 19.5 Å². The molecule has 2 saturated heterocycles. The third-order valence-corrected chi connectivity index (χ3v) is 7.57. The van der Waals surface area contributed by atoms with Gasteiger partial charge < -0.3 is 15.1 Å². The van der Waals surface area contributed by atoms with Gasteiger partial charge in [0, 0.05) is 36.9 Å². The van der Waals surface area contributed by atoms with E-state index >= 15 is 0 Å². The molecule has 2 heterocycles. The summed E-state index contributed by atoms with van der Waals surface area (Å²) in [5, 5.41) is 3.99. The van der Waals surface area contributed by atoms with E-state index in [2.05, 4.69) is 83.6 Å². The Morgan fingerprint density at radius 1 is 0.839 bits per heavy atom. The summed E-state index contributed by atoms with van der Waals surface area (Å²) in [6, 6.07) is 20.1. The SMILES string of the molecule is CC(C)N1CCC(NC2CCN(c3cccc(C4=Cc5ccccc5C4)c3)CC2)CC1. The molecule has 0 radical (unpaired) electrons. The minimum absolute atomic E-state index is 0.682. The largest absolute Gasteiger partial charge is 0.371 e. The lowest BCUT2D eigenvalue weighted by Crippen LogP contribution is -2.50. The number of likely N-dealkylation sites (tertiary alicyclic amines) is 1.